The first-order valence-corrected chi connectivity index (χ1v) is 9.16. The largest absolute Gasteiger partial charge is 0.352 e. The fraction of sp³-hybridized carbons (Fsp3) is 0.722. The number of nitrogens with zero attached hydrogens (tertiary/aromatic N) is 3. The molecule has 6 heteroatoms. The Balaban J connectivity index is 1.48. The van der Waals surface area contributed by atoms with Gasteiger partial charge in [-0.25, -0.2) is 4.68 Å². The molecule has 1 aromatic rings. The van der Waals surface area contributed by atoms with Crippen LogP contribution in [0.4, 0.5) is 0 Å². The zero-order chi connectivity index (χ0) is 16.9. The Bertz CT molecular complexity index is 620. The SMILES string of the molecule is Cc1ccc(=O)n(CC2CCN(CC3CCCCC(=O)N3)CC2)n1. The van der Waals surface area contributed by atoms with E-state index < -0.39 is 0 Å². The summed E-state index contributed by atoms with van der Waals surface area (Å²) in [6.45, 7) is 5.67. The average Bonchev–Trinajstić information content (AvgIpc) is 2.77. The van der Waals surface area contributed by atoms with Crippen LogP contribution in [0.5, 0.6) is 0 Å². The summed E-state index contributed by atoms with van der Waals surface area (Å²) in [5.41, 5.74) is 0.875. The number of rotatable bonds is 4. The number of nitrogens with one attached hydrogen (secondary N) is 1. The minimum Gasteiger partial charge on any atom is -0.352 e. The summed E-state index contributed by atoms with van der Waals surface area (Å²) >= 11 is 0. The van der Waals surface area contributed by atoms with Crippen molar-refractivity contribution in [3.05, 3.63) is 28.2 Å². The highest BCUT2D eigenvalue weighted by Gasteiger charge is 2.24. The van der Waals surface area contributed by atoms with Crippen molar-refractivity contribution >= 4 is 5.91 Å². The summed E-state index contributed by atoms with van der Waals surface area (Å²) in [4.78, 5) is 26.0. The molecule has 0 saturated carbocycles. The molecule has 24 heavy (non-hydrogen) atoms. The number of hydrogen-bond donors (Lipinski definition) is 1. The molecule has 2 saturated heterocycles. The van der Waals surface area contributed by atoms with Crippen LogP contribution in [-0.4, -0.2) is 46.3 Å². The van der Waals surface area contributed by atoms with Crippen molar-refractivity contribution in [2.45, 2.75) is 58.0 Å². The number of carbonyl (C=O) groups is 1. The lowest BCUT2D eigenvalue weighted by atomic mass is 9.96. The van der Waals surface area contributed by atoms with Gasteiger partial charge in [0.1, 0.15) is 0 Å². The second-order valence-electron chi connectivity index (χ2n) is 7.25. The molecule has 0 radical (unpaired) electrons. The second kappa shape index (κ2) is 7.92. The summed E-state index contributed by atoms with van der Waals surface area (Å²) in [6.07, 6.45) is 6.10. The highest BCUT2D eigenvalue weighted by atomic mass is 16.1. The van der Waals surface area contributed by atoms with Crippen LogP contribution in [0.3, 0.4) is 0 Å². The highest BCUT2D eigenvalue weighted by Crippen LogP contribution is 2.20. The van der Waals surface area contributed by atoms with Crippen molar-refractivity contribution < 1.29 is 4.79 Å². The number of aromatic nitrogens is 2. The van der Waals surface area contributed by atoms with Gasteiger partial charge in [0.15, 0.2) is 0 Å². The summed E-state index contributed by atoms with van der Waals surface area (Å²) < 4.78 is 1.61. The van der Waals surface area contributed by atoms with Gasteiger partial charge in [0, 0.05) is 31.6 Å². The third kappa shape index (κ3) is 4.66. The second-order valence-corrected chi connectivity index (χ2v) is 7.25. The van der Waals surface area contributed by atoms with Gasteiger partial charge >= 0.3 is 0 Å². The third-order valence-electron chi connectivity index (χ3n) is 5.19. The summed E-state index contributed by atoms with van der Waals surface area (Å²) in [5, 5.41) is 7.50. The minimum absolute atomic E-state index is 0.0100. The molecule has 0 aromatic carbocycles. The lowest BCUT2D eigenvalue weighted by molar-refractivity contribution is -0.121. The van der Waals surface area contributed by atoms with Gasteiger partial charge in [-0.1, -0.05) is 6.42 Å². The predicted molar refractivity (Wildman–Crippen MR) is 92.8 cm³/mol. The van der Waals surface area contributed by atoms with Gasteiger partial charge < -0.3 is 10.2 Å². The van der Waals surface area contributed by atoms with Crippen LogP contribution >= 0.6 is 0 Å². The van der Waals surface area contributed by atoms with Gasteiger partial charge in [-0.15, -0.1) is 0 Å². The van der Waals surface area contributed by atoms with Gasteiger partial charge in [0.25, 0.3) is 5.56 Å². The molecule has 132 valence electrons. The smallest absolute Gasteiger partial charge is 0.266 e. The van der Waals surface area contributed by atoms with E-state index in [9.17, 15) is 9.59 Å². The number of aryl methyl sites for hydroxylation is 1. The molecular weight excluding hydrogens is 304 g/mol. The fourth-order valence-corrected chi connectivity index (χ4v) is 3.77. The Morgan fingerprint density at radius 3 is 2.71 bits per heavy atom. The van der Waals surface area contributed by atoms with Gasteiger partial charge in [0.2, 0.25) is 5.91 Å². The van der Waals surface area contributed by atoms with Crippen LogP contribution in [-0.2, 0) is 11.3 Å². The number of carbonyl (C=O) groups excluding carboxylic acids is 1. The van der Waals surface area contributed by atoms with Crippen LogP contribution in [0.1, 0.15) is 44.2 Å². The number of hydrogen-bond acceptors (Lipinski definition) is 4. The van der Waals surface area contributed by atoms with E-state index in [-0.39, 0.29) is 11.5 Å². The monoisotopic (exact) mass is 332 g/mol. The molecule has 3 heterocycles. The first kappa shape index (κ1) is 17.1. The summed E-state index contributed by atoms with van der Waals surface area (Å²) in [5.74, 6) is 0.717. The molecule has 3 rings (SSSR count). The maximum Gasteiger partial charge on any atom is 0.266 e. The van der Waals surface area contributed by atoms with E-state index in [0.29, 0.717) is 24.9 Å². The minimum atomic E-state index is -0.0100. The van der Waals surface area contributed by atoms with Crippen molar-refractivity contribution in [1.82, 2.24) is 20.0 Å². The molecule has 1 N–H and O–H groups in total. The van der Waals surface area contributed by atoms with Crippen LogP contribution in [0.15, 0.2) is 16.9 Å². The molecule has 2 aliphatic heterocycles. The molecule has 0 spiro atoms. The van der Waals surface area contributed by atoms with E-state index in [0.717, 1.165) is 57.4 Å². The number of piperidine rings is 1. The molecule has 6 nitrogen and oxygen atoms in total. The number of likely N-dealkylation sites (tertiary alicyclic amines) is 1. The quantitative estimate of drug-likeness (QED) is 0.903. The van der Waals surface area contributed by atoms with Gasteiger partial charge in [-0.05, 0) is 57.7 Å². The first-order valence-electron chi connectivity index (χ1n) is 9.16. The summed E-state index contributed by atoms with van der Waals surface area (Å²) in [7, 11) is 0. The van der Waals surface area contributed by atoms with E-state index in [2.05, 4.69) is 15.3 Å². The first-order chi connectivity index (χ1) is 11.6. The zero-order valence-corrected chi connectivity index (χ0v) is 14.5. The van der Waals surface area contributed by atoms with E-state index in [1.165, 1.54) is 0 Å². The van der Waals surface area contributed by atoms with Crippen LogP contribution in [0.25, 0.3) is 0 Å². The van der Waals surface area contributed by atoms with Gasteiger partial charge in [-0.3, -0.25) is 9.59 Å². The van der Waals surface area contributed by atoms with E-state index in [1.807, 2.05) is 6.92 Å². The Labute approximate surface area is 143 Å². The van der Waals surface area contributed by atoms with Crippen LogP contribution < -0.4 is 10.9 Å². The molecule has 1 aromatic heterocycles. The van der Waals surface area contributed by atoms with Gasteiger partial charge in [-0.2, -0.15) is 5.10 Å². The Kier molecular flexibility index (Phi) is 5.66. The Hall–Kier alpha value is -1.69. The highest BCUT2D eigenvalue weighted by molar-refractivity contribution is 5.76. The molecule has 2 fully saturated rings. The molecule has 1 amide bonds. The van der Waals surface area contributed by atoms with Crippen molar-refractivity contribution in [1.29, 1.82) is 0 Å². The maximum atomic E-state index is 11.9. The lowest BCUT2D eigenvalue weighted by Crippen LogP contribution is -2.46. The summed E-state index contributed by atoms with van der Waals surface area (Å²) in [6, 6.07) is 3.67. The molecule has 0 aliphatic carbocycles. The predicted octanol–water partition coefficient (Wildman–Crippen LogP) is 1.32. The molecular formula is C18H28N4O2. The van der Waals surface area contributed by atoms with Gasteiger partial charge in [0.05, 0.1) is 5.69 Å². The molecule has 1 atom stereocenters. The van der Waals surface area contributed by atoms with Crippen molar-refractivity contribution in [2.24, 2.45) is 5.92 Å². The molecule has 0 bridgehead atoms. The zero-order valence-electron chi connectivity index (χ0n) is 14.5. The molecule has 2 aliphatic rings. The van der Waals surface area contributed by atoms with Crippen molar-refractivity contribution in [2.75, 3.05) is 19.6 Å². The van der Waals surface area contributed by atoms with E-state index in [4.69, 9.17) is 0 Å². The number of amides is 1. The van der Waals surface area contributed by atoms with E-state index in [1.54, 1.807) is 16.8 Å². The average molecular weight is 332 g/mol. The topological polar surface area (TPSA) is 67.2 Å². The fourth-order valence-electron chi connectivity index (χ4n) is 3.77. The molecule has 1 unspecified atom stereocenters. The van der Waals surface area contributed by atoms with Crippen LogP contribution in [0, 0.1) is 12.8 Å². The normalized spacial score (nSPS) is 23.7. The Morgan fingerprint density at radius 1 is 1.12 bits per heavy atom. The van der Waals surface area contributed by atoms with Crippen molar-refractivity contribution in [3.63, 3.8) is 0 Å². The Morgan fingerprint density at radius 2 is 1.92 bits per heavy atom. The lowest BCUT2D eigenvalue weighted by Gasteiger charge is -2.34. The van der Waals surface area contributed by atoms with E-state index >= 15 is 0 Å². The third-order valence-corrected chi connectivity index (χ3v) is 5.19. The maximum absolute atomic E-state index is 11.9. The van der Waals surface area contributed by atoms with Crippen molar-refractivity contribution in [3.8, 4) is 0 Å². The van der Waals surface area contributed by atoms with Crippen LogP contribution in [0.2, 0.25) is 0 Å². The standard InChI is InChI=1S/C18H28N4O2/c1-14-6-7-18(24)22(20-14)12-15-8-10-21(11-9-15)13-16-4-2-3-5-17(23)19-16/h6-7,15-16H,2-5,8-13H2,1H3,(H,19,23).